The summed E-state index contributed by atoms with van der Waals surface area (Å²) in [5, 5.41) is 0. The molecular formula is C15H15N3O3S. The number of pyridine rings is 1. The summed E-state index contributed by atoms with van der Waals surface area (Å²) in [6, 6.07) is 10.9. The summed E-state index contributed by atoms with van der Waals surface area (Å²) in [5.41, 5.74) is 2.60. The average Bonchev–Trinajstić information content (AvgIpc) is 2.89. The lowest BCUT2D eigenvalue weighted by Crippen LogP contribution is -2.10. The SMILES string of the molecule is COc1ccc(-c2cn3ccccc3n2)c(NS(C)(=O)=O)c1. The number of fused-ring (bicyclic) bond motifs is 1. The van der Waals surface area contributed by atoms with Gasteiger partial charge in [0.1, 0.15) is 11.4 Å². The van der Waals surface area contributed by atoms with Crippen molar-refractivity contribution < 1.29 is 13.2 Å². The van der Waals surface area contributed by atoms with Crippen LogP contribution < -0.4 is 9.46 Å². The van der Waals surface area contributed by atoms with Gasteiger partial charge in [-0.25, -0.2) is 13.4 Å². The van der Waals surface area contributed by atoms with Gasteiger partial charge in [0.25, 0.3) is 0 Å². The van der Waals surface area contributed by atoms with E-state index in [-0.39, 0.29) is 0 Å². The molecule has 3 aromatic rings. The second kappa shape index (κ2) is 5.34. The molecule has 1 aromatic carbocycles. The molecule has 0 bridgehead atoms. The van der Waals surface area contributed by atoms with Crippen LogP contribution in [-0.2, 0) is 10.0 Å². The van der Waals surface area contributed by atoms with E-state index >= 15 is 0 Å². The van der Waals surface area contributed by atoms with Crippen LogP contribution in [0.4, 0.5) is 5.69 Å². The van der Waals surface area contributed by atoms with Crippen molar-refractivity contribution in [1.29, 1.82) is 0 Å². The molecule has 0 aliphatic rings. The van der Waals surface area contributed by atoms with Gasteiger partial charge in [0, 0.05) is 24.0 Å². The minimum absolute atomic E-state index is 0.435. The van der Waals surface area contributed by atoms with Crippen molar-refractivity contribution in [3.05, 3.63) is 48.8 Å². The van der Waals surface area contributed by atoms with Crippen LogP contribution >= 0.6 is 0 Å². The zero-order chi connectivity index (χ0) is 15.7. The minimum Gasteiger partial charge on any atom is -0.497 e. The highest BCUT2D eigenvalue weighted by Gasteiger charge is 2.13. The molecule has 2 aromatic heterocycles. The summed E-state index contributed by atoms with van der Waals surface area (Å²) >= 11 is 0. The number of nitrogens with one attached hydrogen (secondary N) is 1. The smallest absolute Gasteiger partial charge is 0.229 e. The summed E-state index contributed by atoms with van der Waals surface area (Å²) in [7, 11) is -1.87. The highest BCUT2D eigenvalue weighted by atomic mass is 32.2. The Morgan fingerprint density at radius 3 is 2.73 bits per heavy atom. The van der Waals surface area contributed by atoms with Crippen molar-refractivity contribution >= 4 is 21.4 Å². The lowest BCUT2D eigenvalue weighted by molar-refractivity contribution is 0.415. The van der Waals surface area contributed by atoms with Gasteiger partial charge < -0.3 is 9.14 Å². The van der Waals surface area contributed by atoms with Gasteiger partial charge in [-0.1, -0.05) is 6.07 Å². The number of aromatic nitrogens is 2. The van der Waals surface area contributed by atoms with E-state index < -0.39 is 10.0 Å². The van der Waals surface area contributed by atoms with Crippen molar-refractivity contribution in [3.8, 4) is 17.0 Å². The number of hydrogen-bond acceptors (Lipinski definition) is 4. The molecule has 6 nitrogen and oxygen atoms in total. The lowest BCUT2D eigenvalue weighted by atomic mass is 10.1. The van der Waals surface area contributed by atoms with Gasteiger partial charge in [0.15, 0.2) is 0 Å². The Morgan fingerprint density at radius 2 is 2.05 bits per heavy atom. The number of nitrogens with zero attached hydrogens (tertiary/aromatic N) is 2. The molecule has 0 amide bonds. The number of imidazole rings is 1. The van der Waals surface area contributed by atoms with Crippen LogP contribution in [0, 0.1) is 0 Å². The van der Waals surface area contributed by atoms with Crippen molar-refractivity contribution in [3.63, 3.8) is 0 Å². The minimum atomic E-state index is -3.40. The van der Waals surface area contributed by atoms with Crippen LogP contribution in [0.1, 0.15) is 0 Å². The molecule has 0 radical (unpaired) electrons. The molecule has 0 saturated heterocycles. The first-order chi connectivity index (χ1) is 10.5. The average molecular weight is 317 g/mol. The zero-order valence-corrected chi connectivity index (χ0v) is 13.0. The third-order valence-electron chi connectivity index (χ3n) is 3.16. The van der Waals surface area contributed by atoms with Gasteiger partial charge in [0.2, 0.25) is 10.0 Å². The monoisotopic (exact) mass is 317 g/mol. The molecule has 0 aliphatic carbocycles. The van der Waals surface area contributed by atoms with E-state index in [9.17, 15) is 8.42 Å². The molecule has 114 valence electrons. The van der Waals surface area contributed by atoms with Crippen LogP contribution in [-0.4, -0.2) is 31.2 Å². The van der Waals surface area contributed by atoms with Gasteiger partial charge in [-0.05, 0) is 24.3 Å². The maximum Gasteiger partial charge on any atom is 0.229 e. The summed E-state index contributed by atoms with van der Waals surface area (Å²) in [5.74, 6) is 0.568. The quantitative estimate of drug-likeness (QED) is 0.802. The van der Waals surface area contributed by atoms with E-state index in [1.54, 1.807) is 18.2 Å². The molecule has 3 rings (SSSR count). The number of ether oxygens (including phenoxy) is 1. The third kappa shape index (κ3) is 2.89. The molecule has 22 heavy (non-hydrogen) atoms. The second-order valence-corrected chi connectivity index (χ2v) is 6.63. The van der Waals surface area contributed by atoms with Crippen molar-refractivity contribution in [1.82, 2.24) is 9.38 Å². The Balaban J connectivity index is 2.16. The Labute approximate surface area is 128 Å². The number of methoxy groups -OCH3 is 1. The second-order valence-electron chi connectivity index (χ2n) is 4.88. The molecule has 7 heteroatoms. The molecule has 0 unspecified atom stereocenters. The van der Waals surface area contributed by atoms with Gasteiger partial charge in [-0.3, -0.25) is 4.72 Å². The van der Waals surface area contributed by atoms with Crippen LogP contribution in [0.15, 0.2) is 48.8 Å². The predicted octanol–water partition coefficient (Wildman–Crippen LogP) is 2.38. The Hall–Kier alpha value is -2.54. The fraction of sp³-hybridized carbons (Fsp3) is 0.133. The molecule has 0 saturated carbocycles. The van der Waals surface area contributed by atoms with E-state index in [0.717, 1.165) is 11.9 Å². The van der Waals surface area contributed by atoms with E-state index in [1.807, 2.05) is 35.0 Å². The molecular weight excluding hydrogens is 302 g/mol. The zero-order valence-electron chi connectivity index (χ0n) is 12.1. The summed E-state index contributed by atoms with van der Waals surface area (Å²) < 4.78 is 32.7. The first-order valence-electron chi connectivity index (χ1n) is 6.56. The third-order valence-corrected chi connectivity index (χ3v) is 3.75. The number of anilines is 1. The van der Waals surface area contributed by atoms with Crippen LogP contribution in [0.25, 0.3) is 16.9 Å². The summed E-state index contributed by atoms with van der Waals surface area (Å²) in [6.45, 7) is 0. The van der Waals surface area contributed by atoms with E-state index in [2.05, 4.69) is 9.71 Å². The first kappa shape index (κ1) is 14.4. The highest BCUT2D eigenvalue weighted by Crippen LogP contribution is 2.31. The maximum atomic E-state index is 11.6. The number of rotatable bonds is 4. The Kier molecular flexibility index (Phi) is 3.50. The highest BCUT2D eigenvalue weighted by molar-refractivity contribution is 7.92. The molecule has 2 heterocycles. The van der Waals surface area contributed by atoms with Crippen molar-refractivity contribution in [2.75, 3.05) is 18.1 Å². The lowest BCUT2D eigenvalue weighted by Gasteiger charge is -2.10. The fourth-order valence-electron chi connectivity index (χ4n) is 2.22. The Bertz CT molecular complexity index is 899. The molecule has 0 aliphatic heterocycles. The number of hydrogen-bond donors (Lipinski definition) is 1. The maximum absolute atomic E-state index is 11.6. The van der Waals surface area contributed by atoms with Gasteiger partial charge >= 0.3 is 0 Å². The molecule has 0 atom stereocenters. The number of sulfonamides is 1. The van der Waals surface area contributed by atoms with E-state index in [4.69, 9.17) is 4.74 Å². The van der Waals surface area contributed by atoms with Crippen LogP contribution in [0.2, 0.25) is 0 Å². The summed E-state index contributed by atoms with van der Waals surface area (Å²) in [6.07, 6.45) is 4.85. The summed E-state index contributed by atoms with van der Waals surface area (Å²) in [4.78, 5) is 4.52. The van der Waals surface area contributed by atoms with Crippen molar-refractivity contribution in [2.24, 2.45) is 0 Å². The van der Waals surface area contributed by atoms with E-state index in [1.165, 1.54) is 7.11 Å². The van der Waals surface area contributed by atoms with Crippen LogP contribution in [0.5, 0.6) is 5.75 Å². The Morgan fingerprint density at radius 1 is 1.23 bits per heavy atom. The van der Waals surface area contributed by atoms with Crippen LogP contribution in [0.3, 0.4) is 0 Å². The van der Waals surface area contributed by atoms with Crippen molar-refractivity contribution in [2.45, 2.75) is 0 Å². The van der Waals surface area contributed by atoms with Gasteiger partial charge in [-0.15, -0.1) is 0 Å². The van der Waals surface area contributed by atoms with Gasteiger partial charge in [-0.2, -0.15) is 0 Å². The largest absolute Gasteiger partial charge is 0.497 e. The molecule has 1 N–H and O–H groups in total. The normalized spacial score (nSPS) is 11.5. The first-order valence-corrected chi connectivity index (χ1v) is 8.45. The number of benzene rings is 1. The van der Waals surface area contributed by atoms with Gasteiger partial charge in [0.05, 0.1) is 24.7 Å². The molecule has 0 spiro atoms. The standard InChI is InChI=1S/C15H15N3O3S/c1-21-11-6-7-12(13(9-11)17-22(2,19)20)14-10-18-8-4-3-5-15(18)16-14/h3-10,17H,1-2H3. The topological polar surface area (TPSA) is 72.7 Å². The predicted molar refractivity (Wildman–Crippen MR) is 85.6 cm³/mol. The fourth-order valence-corrected chi connectivity index (χ4v) is 2.79. The van der Waals surface area contributed by atoms with E-state index in [0.29, 0.717) is 22.7 Å². The molecule has 0 fully saturated rings.